The summed E-state index contributed by atoms with van der Waals surface area (Å²) < 4.78 is 15.5. The molecule has 5 rings (SSSR count). The Hall–Kier alpha value is -3.65. The number of benzene rings is 2. The summed E-state index contributed by atoms with van der Waals surface area (Å²) in [5.41, 5.74) is 3.05. The number of rotatable bonds is 7. The number of fused-ring (bicyclic) bond motifs is 1. The molecule has 0 radical (unpaired) electrons. The highest BCUT2D eigenvalue weighted by atomic mass is 35.5. The molecule has 202 valence electrons. The molecule has 0 spiro atoms. The topological polar surface area (TPSA) is 76.3 Å². The molecule has 1 aliphatic heterocycles. The van der Waals surface area contributed by atoms with Gasteiger partial charge in [0, 0.05) is 12.1 Å². The van der Waals surface area contributed by atoms with Crippen LogP contribution in [0, 0.1) is 12.8 Å². The first-order valence-electron chi connectivity index (χ1n) is 13.1. The van der Waals surface area contributed by atoms with Gasteiger partial charge in [0.15, 0.2) is 11.2 Å². The van der Waals surface area contributed by atoms with E-state index in [1.807, 2.05) is 55.5 Å². The molecule has 4 aromatic rings. The average molecular weight is 547 g/mol. The highest BCUT2D eigenvalue weighted by Gasteiger charge is 2.40. The van der Waals surface area contributed by atoms with Gasteiger partial charge in [-0.1, -0.05) is 67.9 Å². The van der Waals surface area contributed by atoms with Crippen molar-refractivity contribution in [3.63, 3.8) is 0 Å². The minimum atomic E-state index is -0.549. The highest BCUT2D eigenvalue weighted by Crippen LogP contribution is 2.36. The van der Waals surface area contributed by atoms with E-state index in [0.29, 0.717) is 24.5 Å². The van der Waals surface area contributed by atoms with E-state index in [-0.39, 0.29) is 33.8 Å². The van der Waals surface area contributed by atoms with Crippen molar-refractivity contribution in [2.24, 2.45) is 10.9 Å². The van der Waals surface area contributed by atoms with Gasteiger partial charge < -0.3 is 4.90 Å². The van der Waals surface area contributed by atoms with E-state index in [9.17, 15) is 9.18 Å². The van der Waals surface area contributed by atoms with Crippen LogP contribution in [0.15, 0.2) is 64.5 Å². The Bertz CT molecular complexity index is 1620. The van der Waals surface area contributed by atoms with Crippen LogP contribution in [-0.2, 0) is 13.2 Å². The number of hydrogen-bond donors (Lipinski definition) is 0. The van der Waals surface area contributed by atoms with Gasteiger partial charge in [-0.2, -0.15) is 0 Å². The molecule has 0 fully saturated rings. The Balaban J connectivity index is 1.72. The number of alkyl halides is 1. The summed E-state index contributed by atoms with van der Waals surface area (Å²) in [5.74, 6) is 1.35. The van der Waals surface area contributed by atoms with Gasteiger partial charge >= 0.3 is 0 Å². The number of halogens is 2. The van der Waals surface area contributed by atoms with E-state index in [1.165, 1.54) is 6.20 Å². The highest BCUT2D eigenvalue weighted by molar-refractivity contribution is 6.29. The molecule has 0 amide bonds. The van der Waals surface area contributed by atoms with Gasteiger partial charge in [0.2, 0.25) is 0 Å². The molecule has 0 N–H and O–H groups in total. The number of aromatic nitrogens is 4. The number of hydrogen-bond acceptors (Lipinski definition) is 6. The van der Waals surface area contributed by atoms with Gasteiger partial charge in [-0.05, 0) is 49.4 Å². The molecule has 0 saturated heterocycles. The largest absolute Gasteiger partial charge is 0.344 e. The lowest BCUT2D eigenvalue weighted by atomic mass is 9.97. The fourth-order valence-electron chi connectivity index (χ4n) is 5.22. The van der Waals surface area contributed by atoms with Crippen molar-refractivity contribution in [2.75, 3.05) is 6.54 Å². The lowest BCUT2D eigenvalue weighted by molar-refractivity contribution is 0.225. The second-order valence-electron chi connectivity index (χ2n) is 11.1. The maximum Gasteiger partial charge on any atom is 0.282 e. The van der Waals surface area contributed by atoms with Crippen LogP contribution in [0.3, 0.4) is 0 Å². The van der Waals surface area contributed by atoms with Crippen molar-refractivity contribution >= 4 is 28.6 Å². The first-order valence-corrected chi connectivity index (χ1v) is 13.4. The fraction of sp³-hybridized carbons (Fsp3) is 0.367. The van der Waals surface area contributed by atoms with Crippen molar-refractivity contribution < 1.29 is 4.39 Å². The molecule has 0 bridgehead atoms. The van der Waals surface area contributed by atoms with E-state index in [4.69, 9.17) is 21.6 Å². The van der Waals surface area contributed by atoms with Crippen molar-refractivity contribution in [1.29, 1.82) is 0 Å². The molecule has 0 saturated carbocycles. The normalized spacial score (nSPS) is 15.7. The summed E-state index contributed by atoms with van der Waals surface area (Å²) in [6, 6.07) is 15.2. The molecule has 1 atom stereocenters. The van der Waals surface area contributed by atoms with Crippen molar-refractivity contribution in [3.05, 3.63) is 98.3 Å². The number of nitrogens with zero attached hydrogens (tertiary/aromatic N) is 6. The maximum absolute atomic E-state index is 13.9. The molecule has 7 nitrogen and oxygen atoms in total. The maximum atomic E-state index is 13.9. The summed E-state index contributed by atoms with van der Waals surface area (Å²) >= 11 is 6.16. The SMILES string of the molecule is Cc1ccc(C2=NC(C)(C)CN2C(c2nc3nc(Cl)cnc3c(=O)n2Cc2ccccc2)C(C)C)cc1CF. The molecule has 0 aliphatic carbocycles. The molecule has 2 aromatic carbocycles. The Labute approximate surface area is 232 Å². The third kappa shape index (κ3) is 5.30. The minimum Gasteiger partial charge on any atom is -0.344 e. The summed E-state index contributed by atoms with van der Waals surface area (Å²) in [6.45, 7) is 10.6. The van der Waals surface area contributed by atoms with Crippen LogP contribution in [0.5, 0.6) is 0 Å². The average Bonchev–Trinajstić information content (AvgIpc) is 3.21. The third-order valence-corrected chi connectivity index (χ3v) is 7.26. The van der Waals surface area contributed by atoms with Crippen LogP contribution in [0.1, 0.15) is 61.8 Å². The Morgan fingerprint density at radius 3 is 2.54 bits per heavy atom. The lowest BCUT2D eigenvalue weighted by Gasteiger charge is -2.35. The zero-order valence-corrected chi connectivity index (χ0v) is 23.6. The monoisotopic (exact) mass is 546 g/mol. The van der Waals surface area contributed by atoms with Crippen molar-refractivity contribution in [2.45, 2.75) is 59.4 Å². The van der Waals surface area contributed by atoms with Crippen LogP contribution in [0.4, 0.5) is 4.39 Å². The molecule has 3 heterocycles. The van der Waals surface area contributed by atoms with E-state index < -0.39 is 12.2 Å². The van der Waals surface area contributed by atoms with Crippen LogP contribution < -0.4 is 5.56 Å². The van der Waals surface area contributed by atoms with Crippen LogP contribution in [-0.4, -0.2) is 42.3 Å². The zero-order chi connectivity index (χ0) is 27.9. The van der Waals surface area contributed by atoms with Gasteiger partial charge in [0.1, 0.15) is 23.5 Å². The molecule has 1 unspecified atom stereocenters. The molecular formula is C30H32ClFN6O. The Kier molecular flexibility index (Phi) is 7.25. The predicted molar refractivity (Wildman–Crippen MR) is 153 cm³/mol. The first-order chi connectivity index (χ1) is 18.6. The van der Waals surface area contributed by atoms with E-state index in [0.717, 1.165) is 22.5 Å². The van der Waals surface area contributed by atoms with Gasteiger partial charge in [0.25, 0.3) is 5.56 Å². The van der Waals surface area contributed by atoms with Crippen LogP contribution in [0.2, 0.25) is 5.15 Å². The molecule has 9 heteroatoms. The molecule has 2 aromatic heterocycles. The molecule has 39 heavy (non-hydrogen) atoms. The van der Waals surface area contributed by atoms with Crippen molar-refractivity contribution in [1.82, 2.24) is 24.4 Å². The van der Waals surface area contributed by atoms with Gasteiger partial charge in [-0.15, -0.1) is 0 Å². The first kappa shape index (κ1) is 26.9. The molecule has 1 aliphatic rings. The summed E-state index contributed by atoms with van der Waals surface area (Å²) in [4.78, 5) is 34.7. The molecular weight excluding hydrogens is 515 g/mol. The zero-order valence-electron chi connectivity index (χ0n) is 22.8. The summed E-state index contributed by atoms with van der Waals surface area (Å²) in [7, 11) is 0. The number of aliphatic imine (C=N–C) groups is 1. The minimum absolute atomic E-state index is 0.0358. The van der Waals surface area contributed by atoms with E-state index in [2.05, 4.69) is 42.6 Å². The van der Waals surface area contributed by atoms with Crippen molar-refractivity contribution in [3.8, 4) is 0 Å². The lowest BCUT2D eigenvalue weighted by Crippen LogP contribution is -2.42. The van der Waals surface area contributed by atoms with Crippen LogP contribution >= 0.6 is 11.6 Å². The smallest absolute Gasteiger partial charge is 0.282 e. The third-order valence-electron chi connectivity index (χ3n) is 7.07. The van der Waals surface area contributed by atoms with E-state index >= 15 is 0 Å². The Morgan fingerprint density at radius 2 is 1.85 bits per heavy atom. The quantitative estimate of drug-likeness (QED) is 0.288. The standard InChI is InChI=1S/C30H32ClFN6O/c1-18(2)25(38-17-30(4,5)36-27(38)21-12-11-19(3)22(13-21)14-32)28-35-26-24(33-15-23(31)34-26)29(39)37(28)16-20-9-7-6-8-10-20/h6-13,15,18,25H,14,16-17H2,1-5H3. The van der Waals surface area contributed by atoms with Gasteiger partial charge in [-0.3, -0.25) is 14.4 Å². The Morgan fingerprint density at radius 1 is 1.10 bits per heavy atom. The number of amidine groups is 1. The van der Waals surface area contributed by atoms with Gasteiger partial charge in [-0.25, -0.2) is 19.3 Å². The van der Waals surface area contributed by atoms with Crippen LogP contribution in [0.25, 0.3) is 11.2 Å². The second-order valence-corrected chi connectivity index (χ2v) is 11.4. The second kappa shape index (κ2) is 10.5. The summed E-state index contributed by atoms with van der Waals surface area (Å²) in [5, 5.41) is 0.172. The fourth-order valence-corrected chi connectivity index (χ4v) is 5.35. The predicted octanol–water partition coefficient (Wildman–Crippen LogP) is 5.90. The van der Waals surface area contributed by atoms with Gasteiger partial charge in [0.05, 0.1) is 24.3 Å². The van der Waals surface area contributed by atoms with E-state index in [1.54, 1.807) is 4.57 Å². The summed E-state index contributed by atoms with van der Waals surface area (Å²) in [6.07, 6.45) is 1.37. The number of aryl methyl sites for hydroxylation is 1.